The Hall–Kier alpha value is -2.15. The number of ether oxygens (including phenoxy) is 1. The van der Waals surface area contributed by atoms with Gasteiger partial charge in [0.2, 0.25) is 5.91 Å². The third-order valence-electron chi connectivity index (χ3n) is 5.02. The summed E-state index contributed by atoms with van der Waals surface area (Å²) in [6.45, 7) is 4.64. The van der Waals surface area contributed by atoms with Gasteiger partial charge in [0.1, 0.15) is 5.69 Å². The van der Waals surface area contributed by atoms with Crippen molar-refractivity contribution in [3.8, 4) is 11.5 Å². The van der Waals surface area contributed by atoms with Crippen LogP contribution in [0, 0.1) is 0 Å². The lowest BCUT2D eigenvalue weighted by molar-refractivity contribution is -0.126. The van der Waals surface area contributed by atoms with Crippen LogP contribution in [0.4, 0.5) is 0 Å². The maximum absolute atomic E-state index is 12.3. The van der Waals surface area contributed by atoms with Crippen LogP contribution in [0.1, 0.15) is 23.0 Å². The standard InChI is InChI=1S/C21H21Cl2N5O4S2/c1-12(29)28(34-21-25-18(11-33-21)19-7-17(20(24)30)26-32-19)10-14-9-27(4-5-31-14)8-13-2-3-15(22)16(23)6-13/h2-3,6-7,11,14H,4-5,8-10H2,1H3,(H2,24,30)/t14-/m0/s1. The number of amides is 2. The molecule has 34 heavy (non-hydrogen) atoms. The molecule has 0 unspecified atom stereocenters. The predicted octanol–water partition coefficient (Wildman–Crippen LogP) is 3.96. The number of thiazole rings is 1. The van der Waals surface area contributed by atoms with Crippen molar-refractivity contribution in [2.24, 2.45) is 5.73 Å². The van der Waals surface area contributed by atoms with Crippen molar-refractivity contribution in [2.75, 3.05) is 26.2 Å². The summed E-state index contributed by atoms with van der Waals surface area (Å²) in [5.74, 6) is -0.453. The highest BCUT2D eigenvalue weighted by atomic mass is 35.5. The zero-order valence-electron chi connectivity index (χ0n) is 18.1. The zero-order valence-corrected chi connectivity index (χ0v) is 21.2. The Morgan fingerprint density at radius 3 is 2.85 bits per heavy atom. The van der Waals surface area contributed by atoms with E-state index in [-0.39, 0.29) is 17.7 Å². The minimum absolute atomic E-state index is 0.0300. The van der Waals surface area contributed by atoms with E-state index >= 15 is 0 Å². The molecule has 3 heterocycles. The summed E-state index contributed by atoms with van der Waals surface area (Å²) in [6, 6.07) is 7.05. The van der Waals surface area contributed by atoms with Crippen molar-refractivity contribution in [1.29, 1.82) is 0 Å². The van der Waals surface area contributed by atoms with Gasteiger partial charge in [-0.2, -0.15) is 0 Å². The first-order chi connectivity index (χ1) is 16.3. The summed E-state index contributed by atoms with van der Waals surface area (Å²) in [5.41, 5.74) is 6.82. The number of nitrogens with two attached hydrogens (primary N) is 1. The lowest BCUT2D eigenvalue weighted by Crippen LogP contribution is -2.46. The van der Waals surface area contributed by atoms with Crippen molar-refractivity contribution >= 4 is 58.3 Å². The summed E-state index contributed by atoms with van der Waals surface area (Å²) in [6.07, 6.45) is -0.153. The van der Waals surface area contributed by atoms with Crippen molar-refractivity contribution in [1.82, 2.24) is 19.3 Å². The maximum Gasteiger partial charge on any atom is 0.270 e. The van der Waals surface area contributed by atoms with Crippen LogP contribution in [0.3, 0.4) is 0 Å². The van der Waals surface area contributed by atoms with E-state index in [1.54, 1.807) is 15.8 Å². The van der Waals surface area contributed by atoms with E-state index in [2.05, 4.69) is 15.0 Å². The van der Waals surface area contributed by atoms with Crippen LogP contribution in [0.5, 0.6) is 0 Å². The van der Waals surface area contributed by atoms with Gasteiger partial charge < -0.3 is 15.0 Å². The van der Waals surface area contributed by atoms with Gasteiger partial charge >= 0.3 is 0 Å². The zero-order chi connectivity index (χ0) is 24.2. The largest absolute Gasteiger partial charge is 0.374 e. The second kappa shape index (κ2) is 11.1. The molecule has 9 nitrogen and oxygen atoms in total. The SMILES string of the molecule is CC(=O)N(C[C@@H]1CN(Cc2ccc(Cl)c(Cl)c2)CCO1)Sc1nc(-c2cc(C(N)=O)no2)cs1. The van der Waals surface area contributed by atoms with Crippen LogP contribution in [0.25, 0.3) is 11.5 Å². The van der Waals surface area contributed by atoms with E-state index in [0.29, 0.717) is 52.1 Å². The van der Waals surface area contributed by atoms with E-state index in [1.165, 1.54) is 36.3 Å². The summed E-state index contributed by atoms with van der Waals surface area (Å²) < 4.78 is 13.3. The smallest absolute Gasteiger partial charge is 0.270 e. The number of halogens is 2. The number of primary amides is 1. The highest BCUT2D eigenvalue weighted by Gasteiger charge is 2.26. The van der Waals surface area contributed by atoms with Crippen LogP contribution >= 0.6 is 46.5 Å². The fraction of sp³-hybridized carbons (Fsp3) is 0.333. The summed E-state index contributed by atoms with van der Waals surface area (Å²) in [7, 11) is 0. The number of hydrogen-bond donors (Lipinski definition) is 1. The van der Waals surface area contributed by atoms with Gasteiger partial charge in [-0.15, -0.1) is 11.3 Å². The molecular formula is C21H21Cl2N5O4S2. The van der Waals surface area contributed by atoms with E-state index in [9.17, 15) is 9.59 Å². The van der Waals surface area contributed by atoms with Crippen LogP contribution in [0.2, 0.25) is 10.0 Å². The van der Waals surface area contributed by atoms with Crippen LogP contribution in [0.15, 0.2) is 38.5 Å². The van der Waals surface area contributed by atoms with Crippen molar-refractivity contribution in [3.63, 3.8) is 0 Å². The highest BCUT2D eigenvalue weighted by molar-refractivity contribution is 7.99. The summed E-state index contributed by atoms with van der Waals surface area (Å²) in [5, 5.41) is 6.45. The Balaban J connectivity index is 1.37. The molecule has 1 aliphatic rings. The molecule has 1 saturated heterocycles. The summed E-state index contributed by atoms with van der Waals surface area (Å²) >= 11 is 14.7. The van der Waals surface area contributed by atoms with Crippen LogP contribution in [-0.4, -0.2) is 63.5 Å². The molecule has 0 aliphatic carbocycles. The van der Waals surface area contributed by atoms with Gasteiger partial charge in [-0.25, -0.2) is 4.98 Å². The molecule has 0 radical (unpaired) electrons. The fourth-order valence-electron chi connectivity index (χ4n) is 3.36. The first kappa shape index (κ1) is 25.0. The number of carbonyl (C=O) groups excluding carboxylic acids is 2. The summed E-state index contributed by atoms with van der Waals surface area (Å²) in [4.78, 5) is 30.3. The van der Waals surface area contributed by atoms with Crippen molar-refractivity contribution in [3.05, 3.63) is 50.9 Å². The second-order valence-electron chi connectivity index (χ2n) is 7.59. The number of morpholine rings is 1. The normalized spacial score (nSPS) is 16.5. The lowest BCUT2D eigenvalue weighted by atomic mass is 10.2. The first-order valence-electron chi connectivity index (χ1n) is 10.2. The van der Waals surface area contributed by atoms with Crippen LogP contribution < -0.4 is 5.73 Å². The van der Waals surface area contributed by atoms with Gasteiger partial charge in [-0.1, -0.05) is 34.4 Å². The highest BCUT2D eigenvalue weighted by Crippen LogP contribution is 2.31. The predicted molar refractivity (Wildman–Crippen MR) is 131 cm³/mol. The van der Waals surface area contributed by atoms with Gasteiger partial charge in [0.25, 0.3) is 5.91 Å². The van der Waals surface area contributed by atoms with E-state index in [1.807, 2.05) is 12.1 Å². The van der Waals surface area contributed by atoms with Gasteiger partial charge in [0, 0.05) is 50.0 Å². The molecule has 2 amide bonds. The third kappa shape index (κ3) is 6.29. The molecule has 0 spiro atoms. The Morgan fingerprint density at radius 2 is 2.15 bits per heavy atom. The Kier molecular flexibility index (Phi) is 8.12. The minimum Gasteiger partial charge on any atom is -0.374 e. The molecule has 3 aromatic rings. The molecule has 180 valence electrons. The molecule has 2 aromatic heterocycles. The van der Waals surface area contributed by atoms with Crippen molar-refractivity contribution in [2.45, 2.75) is 23.9 Å². The first-order valence-corrected chi connectivity index (χ1v) is 12.7. The second-order valence-corrected chi connectivity index (χ2v) is 10.5. The topological polar surface area (TPSA) is 115 Å². The van der Waals surface area contributed by atoms with Gasteiger partial charge in [-0.3, -0.25) is 18.8 Å². The molecule has 0 bridgehead atoms. The van der Waals surface area contributed by atoms with Crippen molar-refractivity contribution < 1.29 is 18.8 Å². The molecule has 0 saturated carbocycles. The fourth-order valence-corrected chi connectivity index (χ4v) is 5.50. The number of nitrogens with zero attached hydrogens (tertiary/aromatic N) is 4. The van der Waals surface area contributed by atoms with Gasteiger partial charge in [-0.05, 0) is 17.7 Å². The number of carbonyl (C=O) groups is 2. The number of hydrogen-bond acceptors (Lipinski definition) is 9. The van der Waals surface area contributed by atoms with E-state index in [0.717, 1.165) is 12.1 Å². The Bertz CT molecular complexity index is 1190. The van der Waals surface area contributed by atoms with Gasteiger partial charge in [0.15, 0.2) is 15.8 Å². The monoisotopic (exact) mass is 541 g/mol. The average molecular weight is 542 g/mol. The average Bonchev–Trinajstić information content (AvgIpc) is 3.46. The Morgan fingerprint density at radius 1 is 1.32 bits per heavy atom. The lowest BCUT2D eigenvalue weighted by Gasteiger charge is -2.35. The van der Waals surface area contributed by atoms with E-state index in [4.69, 9.17) is 38.2 Å². The third-order valence-corrected chi connectivity index (χ3v) is 7.78. The molecule has 13 heteroatoms. The minimum atomic E-state index is -0.678. The molecule has 4 rings (SSSR count). The molecule has 2 N–H and O–H groups in total. The molecule has 1 aromatic carbocycles. The maximum atomic E-state index is 12.3. The molecule has 1 atom stereocenters. The van der Waals surface area contributed by atoms with Crippen LogP contribution in [-0.2, 0) is 16.1 Å². The van der Waals surface area contributed by atoms with E-state index < -0.39 is 5.91 Å². The molecule has 1 fully saturated rings. The molecule has 1 aliphatic heterocycles. The quantitative estimate of drug-likeness (QED) is 0.426. The number of rotatable bonds is 8. The van der Waals surface area contributed by atoms with Gasteiger partial charge in [0.05, 0.1) is 29.3 Å². The number of benzene rings is 1. The number of aromatic nitrogens is 2. The Labute approximate surface area is 214 Å². The molecular weight excluding hydrogens is 521 g/mol.